The topological polar surface area (TPSA) is 331 Å². The first-order chi connectivity index (χ1) is 63.2. The van der Waals surface area contributed by atoms with E-state index < -0.39 is 81.0 Å². The molecule has 0 spiro atoms. The second kappa shape index (κ2) is 39.1. The number of nitrogens with one attached hydrogen (secondary N) is 3. The van der Waals surface area contributed by atoms with Gasteiger partial charge in [-0.1, -0.05) is 125 Å². The van der Waals surface area contributed by atoms with Crippen LogP contribution in [0.25, 0.3) is 31.9 Å². The number of fused-ring (bicyclic) bond motifs is 15. The fourth-order valence-corrected chi connectivity index (χ4v) is 25.4. The Morgan fingerprint density at radius 1 is 0.557 bits per heavy atom. The Labute approximate surface area is 767 Å². The molecule has 690 valence electrons. The maximum atomic E-state index is 13.9. The number of alkyl carbamates (subject to hydrolysis) is 2. The van der Waals surface area contributed by atoms with Crippen molar-refractivity contribution < 1.29 is 86.5 Å². The van der Waals surface area contributed by atoms with Crippen molar-refractivity contribution in [1.82, 2.24) is 35.6 Å². The minimum atomic E-state index is -2.00. The highest BCUT2D eigenvalue weighted by Crippen LogP contribution is 2.61. The fourth-order valence-electron chi connectivity index (χ4n) is 22.8. The number of carbonyl (C=O) groups excluding carboxylic acids is 2. The zero-order chi connectivity index (χ0) is 93.5. The molecule has 29 nitrogen and oxygen atoms in total. The van der Waals surface area contributed by atoms with Crippen LogP contribution in [-0.4, -0.2) is 226 Å². The van der Waals surface area contributed by atoms with Gasteiger partial charge in [-0.3, -0.25) is 19.5 Å². The van der Waals surface area contributed by atoms with Gasteiger partial charge in [-0.25, -0.2) is 32.5 Å². The number of hydrogen-bond acceptors (Lipinski definition) is 25. The Morgan fingerprint density at radius 3 is 1.42 bits per heavy atom. The molecule has 0 radical (unpaired) electrons. The van der Waals surface area contributed by atoms with Crippen LogP contribution in [-0.2, 0) is 44.3 Å². The third-order valence-electron chi connectivity index (χ3n) is 29.1. The lowest BCUT2D eigenvalue weighted by Gasteiger charge is -2.60. The van der Waals surface area contributed by atoms with Gasteiger partial charge in [0.2, 0.25) is 0 Å². The number of piperazine rings is 1. The van der Waals surface area contributed by atoms with Crippen molar-refractivity contribution in [2.75, 3.05) is 123 Å². The molecular formula is C101H119N11O18Si. The normalized spacial score (nSPS) is 21.4. The van der Waals surface area contributed by atoms with Gasteiger partial charge < -0.3 is 92.9 Å². The van der Waals surface area contributed by atoms with Crippen molar-refractivity contribution in [1.29, 1.82) is 10.5 Å². The summed E-state index contributed by atoms with van der Waals surface area (Å²) in [5.41, 5.74) is 16.9. The molecule has 2 saturated heterocycles. The Bertz CT molecular complexity index is 5760. The van der Waals surface area contributed by atoms with Crippen LogP contribution in [0.15, 0.2) is 97.1 Å². The van der Waals surface area contributed by atoms with Gasteiger partial charge in [-0.2, -0.15) is 10.5 Å². The smallest absolute Gasteiger partial charge is 0.407 e. The Morgan fingerprint density at radius 2 is 0.977 bits per heavy atom. The van der Waals surface area contributed by atoms with Crippen molar-refractivity contribution in [3.63, 3.8) is 0 Å². The molecule has 0 aromatic heterocycles. The number of benzene rings is 8. The molecule has 6 heterocycles. The number of aromatic hydroxyl groups is 4. The van der Waals surface area contributed by atoms with Gasteiger partial charge in [0.25, 0.3) is 12.8 Å². The van der Waals surface area contributed by atoms with Crippen LogP contribution in [0.2, 0.25) is 17.6 Å². The number of rotatable bonds is 27. The van der Waals surface area contributed by atoms with Crippen LogP contribution in [0.4, 0.5) is 9.59 Å². The summed E-state index contributed by atoms with van der Waals surface area (Å²) in [4.78, 5) is 44.3. The quantitative estimate of drug-likeness (QED) is 0.0143. The number of nitriles is 2. The van der Waals surface area contributed by atoms with Crippen LogP contribution >= 0.6 is 0 Å². The first-order valence-corrected chi connectivity index (χ1v) is 47.3. The Kier molecular flexibility index (Phi) is 27.9. The van der Waals surface area contributed by atoms with E-state index in [1.807, 2.05) is 84.0 Å². The van der Waals surface area contributed by atoms with Gasteiger partial charge in [-0.05, 0) is 116 Å². The molecule has 30 heteroatoms. The van der Waals surface area contributed by atoms with E-state index in [0.717, 1.165) is 50.1 Å². The van der Waals surface area contributed by atoms with E-state index >= 15 is 0 Å². The van der Waals surface area contributed by atoms with Gasteiger partial charge >= 0.3 is 12.2 Å². The van der Waals surface area contributed by atoms with Gasteiger partial charge in [0.05, 0.1) is 112 Å². The van der Waals surface area contributed by atoms with E-state index in [-0.39, 0.29) is 129 Å². The van der Waals surface area contributed by atoms with Crippen molar-refractivity contribution in [2.24, 2.45) is 0 Å². The molecule has 7 N–H and O–H groups in total. The van der Waals surface area contributed by atoms with E-state index in [4.69, 9.17) is 69.7 Å². The molecule has 8 aliphatic rings. The number of nitrogens with zero attached hydrogens (tertiary/aromatic N) is 8. The molecule has 2 bridgehead atoms. The first kappa shape index (κ1) is 93.5. The molecule has 16 rings (SSSR count). The summed E-state index contributed by atoms with van der Waals surface area (Å²) in [6.45, 7) is 37.9. The predicted octanol–water partition coefficient (Wildman–Crippen LogP) is 15.4. The highest BCUT2D eigenvalue weighted by Gasteiger charge is 2.59. The van der Waals surface area contributed by atoms with E-state index in [9.17, 15) is 40.5 Å². The van der Waals surface area contributed by atoms with E-state index in [2.05, 4.69) is 125 Å². The van der Waals surface area contributed by atoms with Crippen LogP contribution in [0.1, 0.15) is 159 Å². The van der Waals surface area contributed by atoms with Crippen LogP contribution in [0.3, 0.4) is 0 Å². The minimum absolute atomic E-state index is 0.0191. The van der Waals surface area contributed by atoms with Crippen LogP contribution in [0, 0.1) is 63.5 Å². The number of phenols is 4. The molecule has 11 atom stereocenters. The summed E-state index contributed by atoms with van der Waals surface area (Å²) in [6, 6.07) is 31.2. The lowest BCUT2D eigenvalue weighted by Crippen LogP contribution is -2.69. The molecular weight excluding hydrogens is 1680 g/mol. The van der Waals surface area contributed by atoms with Gasteiger partial charge in [-0.15, -0.1) is 0 Å². The zero-order valence-electron chi connectivity index (χ0n) is 77.6. The van der Waals surface area contributed by atoms with Gasteiger partial charge in [0.15, 0.2) is 54.3 Å². The summed E-state index contributed by atoms with van der Waals surface area (Å²) in [5.74, 6) is 2.34. The van der Waals surface area contributed by atoms with E-state index in [0.29, 0.717) is 128 Å². The molecule has 8 aromatic rings. The monoisotopic (exact) mass is 1800 g/mol. The average molecular weight is 1800 g/mol. The zero-order valence-corrected chi connectivity index (χ0v) is 78.6. The second-order valence-corrected chi connectivity index (χ2v) is 40.7. The van der Waals surface area contributed by atoms with E-state index in [1.165, 1.54) is 28.4 Å². The third-order valence-corrected chi connectivity index (χ3v) is 34.5. The molecule has 4 unspecified atom stereocenters. The average Bonchev–Trinajstić information content (AvgIpc) is 1.64. The molecule has 2 amide bonds. The van der Waals surface area contributed by atoms with Crippen LogP contribution in [0.5, 0.6) is 69.0 Å². The summed E-state index contributed by atoms with van der Waals surface area (Å²) >= 11 is 0. The number of carbonyl (C=O) groups is 2. The predicted molar refractivity (Wildman–Crippen MR) is 495 cm³/mol. The Balaban J connectivity index is 0.000000207. The molecule has 8 aromatic carbocycles. The van der Waals surface area contributed by atoms with Crippen molar-refractivity contribution in [2.45, 2.75) is 184 Å². The highest BCUT2D eigenvalue weighted by atomic mass is 28.4. The standard InChI is InChI=1S/C57H74N6O10Si.C44H45N5O8/c1-32(2)74(13,33(3)4)73-24-22-36-29-62(23-25-71-36)56(59-8)46-27-42-48(51(65)55(70-12)35(6)53(42)68-10)49(63(46)31-58-7)44-26-41-47(50(64)54(69-11)34(5)52(41)67-9)45(61-44)28-60-57(66)72-30-43-39-20-16-14-18-37(39)38-19-15-17-21-40(38)43;1-22-40(53-3)28-18-32-37-36-29(41(54-4)23(2)43(56-6)39(36)51)17-31(48(37)16-15-45)33(19-46)49(32)34(35(28)38(50)42(22)55-5)20-47-44(52)57-21-30-26-13-9-7-11-24(26)25-12-8-10-14-27(25)30/h14-21,32-33,36,43-46,49,56,61,64-65H,22-31H2,1-6,9-13H3,(H,60,66);7-14,30-34,37,50-51H,16-18,20-21H2,1-6H3,(H,47,52)/t36-,44?,45-,46?,49?,56-;31-,32-,33-,34?,37-/m00/s1. The van der Waals surface area contributed by atoms with Crippen molar-refractivity contribution in [3.05, 3.63) is 209 Å². The third kappa shape index (κ3) is 16.4. The molecule has 2 fully saturated rings. The summed E-state index contributed by atoms with van der Waals surface area (Å²) < 4.78 is 72.4. The van der Waals surface area contributed by atoms with Crippen LogP contribution < -0.4 is 53.8 Å². The van der Waals surface area contributed by atoms with Crippen molar-refractivity contribution in [3.8, 4) is 103 Å². The summed E-state index contributed by atoms with van der Waals surface area (Å²) in [7, 11) is 10.2. The van der Waals surface area contributed by atoms with E-state index in [1.54, 1.807) is 35.4 Å². The largest absolute Gasteiger partial charge is 0.504 e. The number of amides is 2. The number of hydrogen-bond donors (Lipinski definition) is 7. The summed E-state index contributed by atoms with van der Waals surface area (Å²) in [6.07, 6.45) is -0.462. The first-order valence-electron chi connectivity index (χ1n) is 44.8. The maximum absolute atomic E-state index is 13.9. The van der Waals surface area contributed by atoms with Gasteiger partial charge in [0.1, 0.15) is 48.3 Å². The lowest BCUT2D eigenvalue weighted by atomic mass is 9.71. The fraction of sp³-hybridized carbons (Fsp3) is 0.465. The lowest BCUT2D eigenvalue weighted by molar-refractivity contribution is -0.0787. The molecule has 6 aliphatic heterocycles. The highest BCUT2D eigenvalue weighted by molar-refractivity contribution is 6.75. The summed E-state index contributed by atoms with van der Waals surface area (Å²) in [5, 5.41) is 79.6. The SMILES string of the molecule is COc1c(C)c(OC)c2c(c1O)C(CNC(=O)OCC1c3ccccc3-c3ccccc31)N1[C@@H](C#N)[C@@H]3Cc4c(OC)c(C)c(OC)c(O)c4[C@H]([C@@H]1C2)N3CC#N.[C-]#[N+]CN1C(C2Cc3c(OC)c(C)c(OC)c(O)c3[C@H](CNC(=O)OCC3c4ccccc4-c4ccccc43)N2)c2c(O)c(OC)c(C)c(OC)c2CC1[C@@H]([N+]#[C-])N1CCO[C@@H](CCO[Si](C)(C(C)C)C(C)C)C1. The number of ether oxygens (including phenoxy) is 11. The number of morpholine rings is 1. The minimum Gasteiger partial charge on any atom is -0.504 e. The molecule has 131 heavy (non-hydrogen) atoms. The number of phenolic OH excluding ortho intramolecular Hbond substituents is 4. The number of methoxy groups -OCH3 is 8. The van der Waals surface area contributed by atoms with Crippen molar-refractivity contribution >= 4 is 20.5 Å². The van der Waals surface area contributed by atoms with Gasteiger partial charge in [0, 0.05) is 136 Å². The molecule has 2 aliphatic carbocycles. The second-order valence-electron chi connectivity index (χ2n) is 35.7. The Hall–Kier alpha value is -12.2. The maximum Gasteiger partial charge on any atom is 0.407 e. The molecule has 0 saturated carbocycles.